The highest BCUT2D eigenvalue weighted by Crippen LogP contribution is 2.31. The Balaban J connectivity index is 0.000000354. The Morgan fingerprint density at radius 2 is 0.514 bits per heavy atom. The first-order valence-corrected chi connectivity index (χ1v) is 22.5. The molecule has 0 aliphatic carbocycles. The summed E-state index contributed by atoms with van der Waals surface area (Å²) < 4.78 is 332. The highest BCUT2D eigenvalue weighted by Gasteiger charge is 2.52. The van der Waals surface area contributed by atoms with E-state index >= 15 is 35.1 Å². The van der Waals surface area contributed by atoms with Crippen molar-refractivity contribution < 1.29 is 111 Å². The van der Waals surface area contributed by atoms with Crippen molar-refractivity contribution in [3.8, 4) is 0 Å². The van der Waals surface area contributed by atoms with E-state index in [0.717, 1.165) is 32.3 Å². The van der Waals surface area contributed by atoms with E-state index in [0.29, 0.717) is 6.42 Å². The quantitative estimate of drug-likeness (QED) is 0.0163. The predicted octanol–water partition coefficient (Wildman–Crippen LogP) is 12.8. The molecule has 5 rings (SSSR count). The molecule has 3 nitrogen and oxygen atoms in total. The van der Waals surface area contributed by atoms with E-state index in [1.807, 2.05) is 12.4 Å². The largest absolute Gasteiger partial charge is 0.389 e. The first-order chi connectivity index (χ1) is 34.8. The average Bonchev–Trinajstić information content (AvgIpc) is 3.37. The van der Waals surface area contributed by atoms with Crippen LogP contribution in [0, 0.1) is 116 Å². The van der Waals surface area contributed by atoms with Gasteiger partial charge in [0.25, 0.3) is 0 Å². The number of unbranched alkanes of at least 4 members (excludes halogenated alkanes) is 15. The molecule has 0 atom stereocenters. The summed E-state index contributed by atoms with van der Waals surface area (Å²) in [6.07, 6.45) is 13.5. The minimum atomic E-state index is -7.22. The van der Waals surface area contributed by atoms with Gasteiger partial charge in [0.05, 0.1) is 12.4 Å². The minimum absolute atomic E-state index is 0.294. The highest BCUT2D eigenvalue weighted by molar-refractivity contribution is 7.20. The number of benzene rings is 4. The zero-order valence-corrected chi connectivity index (χ0v) is 38.1. The number of aromatic nitrogens is 2. The molecule has 74 heavy (non-hydrogen) atoms. The van der Waals surface area contributed by atoms with Crippen LogP contribution in [0.1, 0.15) is 109 Å². The highest BCUT2D eigenvalue weighted by atomic mass is 19.4. The van der Waals surface area contributed by atoms with E-state index < -0.39 is 157 Å². The van der Waals surface area contributed by atoms with E-state index in [1.54, 1.807) is 17.1 Å². The lowest BCUT2D eigenvalue weighted by atomic mass is 9.12. The van der Waals surface area contributed by atoms with Gasteiger partial charge in [-0.15, -0.1) is 21.9 Å². The fraction of sp³-hybridized carbons (Fsp3) is 0.404. The molecule has 0 aliphatic heterocycles. The molecule has 0 radical (unpaired) electrons. The van der Waals surface area contributed by atoms with Crippen molar-refractivity contribution in [2.24, 2.45) is 0 Å². The lowest BCUT2D eigenvalue weighted by Crippen LogP contribution is -2.81. The number of hydrogen-bond acceptors (Lipinski definition) is 2. The number of rotatable bonds is 23. The van der Waals surface area contributed by atoms with Crippen LogP contribution >= 0.6 is 0 Å². The Hall–Kier alpha value is -5.79. The second-order valence-corrected chi connectivity index (χ2v) is 16.8. The maximum Gasteiger partial charge on any atom is 0.389 e. The summed E-state index contributed by atoms with van der Waals surface area (Å²) >= 11 is 0. The molecular formula is C47H40BF23N2O. The third-order valence-electron chi connectivity index (χ3n) is 11.9. The maximum atomic E-state index is 15.4. The van der Waals surface area contributed by atoms with Crippen LogP contribution < -0.4 is 31.4 Å². The van der Waals surface area contributed by atoms with Gasteiger partial charge in [-0.3, -0.25) is 9.82 Å². The third kappa shape index (κ3) is 13.4. The Morgan fingerprint density at radius 1 is 0.311 bits per heavy atom. The number of nitrogens with zero attached hydrogens (tertiary/aromatic N) is 2. The van der Waals surface area contributed by atoms with Gasteiger partial charge in [0.1, 0.15) is 52.7 Å². The second kappa shape index (κ2) is 26.6. The fourth-order valence-electron chi connectivity index (χ4n) is 8.34. The molecule has 408 valence electrons. The van der Waals surface area contributed by atoms with Crippen LogP contribution in [-0.2, 0) is 0 Å². The van der Waals surface area contributed by atoms with Crippen LogP contribution in [0.3, 0.4) is 0 Å². The lowest BCUT2D eigenvalue weighted by Gasteiger charge is -2.44. The molecule has 0 fully saturated rings. The van der Waals surface area contributed by atoms with Crippen LogP contribution in [0.25, 0.3) is 0 Å². The smallest absolute Gasteiger partial charge is 0.271 e. The Kier molecular flexibility index (Phi) is 21.9. The fourth-order valence-corrected chi connectivity index (χ4v) is 8.34. The SMILES string of the molecule is FC(F)(F)CCCCCCCCCCCCCCCCCCO[n+]1ccncc1.Fc1c(F)c(F)c([B-](c2c(F)c(F)c(F)c(F)c2F)(c2c(F)c(F)c(F)c(F)c2F)c2c(F)c(F)c(F)c(F)c2F)c(F)c1F. The summed E-state index contributed by atoms with van der Waals surface area (Å²) in [6.45, 7) is 0.752. The number of halogens is 23. The zero-order chi connectivity index (χ0) is 55.4. The van der Waals surface area contributed by atoms with Crippen LogP contribution in [-0.4, -0.2) is 23.9 Å². The zero-order valence-electron chi connectivity index (χ0n) is 38.1. The Labute approximate surface area is 406 Å². The van der Waals surface area contributed by atoms with E-state index in [-0.39, 0.29) is 0 Å². The van der Waals surface area contributed by atoms with E-state index in [9.17, 15) is 65.9 Å². The molecule has 0 saturated heterocycles. The maximum absolute atomic E-state index is 15.4. The number of alkyl halides is 3. The molecule has 1 aromatic heterocycles. The predicted molar refractivity (Wildman–Crippen MR) is 220 cm³/mol. The van der Waals surface area contributed by atoms with Gasteiger partial charge in [0.15, 0.2) is 76.4 Å². The summed E-state index contributed by atoms with van der Waals surface area (Å²) in [6, 6.07) is 0. The monoisotopic (exact) mass is 1100 g/mol. The molecule has 0 amide bonds. The van der Waals surface area contributed by atoms with Crippen LogP contribution in [0.2, 0.25) is 0 Å². The molecule has 1 heterocycles. The molecule has 5 aromatic rings. The van der Waals surface area contributed by atoms with Gasteiger partial charge in [0, 0.05) is 11.2 Å². The second-order valence-electron chi connectivity index (χ2n) is 16.8. The van der Waals surface area contributed by atoms with Gasteiger partial charge in [-0.1, -0.05) is 83.5 Å². The molecule has 0 aliphatic rings. The van der Waals surface area contributed by atoms with Crippen molar-refractivity contribution in [1.29, 1.82) is 0 Å². The topological polar surface area (TPSA) is 26.0 Å². The molecule has 27 heteroatoms. The van der Waals surface area contributed by atoms with Crippen LogP contribution in [0.5, 0.6) is 0 Å². The van der Waals surface area contributed by atoms with Crippen LogP contribution in [0.15, 0.2) is 24.8 Å². The van der Waals surface area contributed by atoms with Crippen molar-refractivity contribution in [3.05, 3.63) is 141 Å². The van der Waals surface area contributed by atoms with Crippen molar-refractivity contribution in [2.75, 3.05) is 6.61 Å². The van der Waals surface area contributed by atoms with Crippen LogP contribution in [0.4, 0.5) is 101 Å². The Bertz CT molecular complexity index is 2340. The standard InChI is InChI=1S/C24BF20.C23H40F3N2O/c26-5-1(6(27)14(35)21(42)13(5)34)25(2-7(28)15(36)22(43)16(37)8(2)29,3-9(30)17(38)23(44)18(39)10(3)31)4-11(32)19(40)24(45)20(41)12(4)33;24-23(25,26)17-15-13-11-9-7-5-3-1-2-4-6-8-10-12-14-16-22-29-28-20-18-27-19-21-28/h;18-21H,1-17,22H2/q-1;+1. The first-order valence-electron chi connectivity index (χ1n) is 22.5. The first kappa shape index (κ1) is 60.8. The van der Waals surface area contributed by atoms with Gasteiger partial charge >= 0.3 is 6.18 Å². The van der Waals surface area contributed by atoms with E-state index in [1.165, 1.54) is 70.6 Å². The van der Waals surface area contributed by atoms with E-state index in [2.05, 4.69) is 4.98 Å². The molecule has 0 spiro atoms. The van der Waals surface area contributed by atoms with Gasteiger partial charge in [0.2, 0.25) is 12.4 Å². The lowest BCUT2D eigenvalue weighted by molar-refractivity contribution is -0.891. The van der Waals surface area contributed by atoms with Gasteiger partial charge < -0.3 is 0 Å². The summed E-state index contributed by atoms with van der Waals surface area (Å²) in [5.41, 5.74) is -14.3. The Morgan fingerprint density at radius 3 is 0.743 bits per heavy atom. The molecule has 0 bridgehead atoms. The molecule has 0 unspecified atom stereocenters. The summed E-state index contributed by atoms with van der Waals surface area (Å²) in [5.74, 6) is -71.4. The minimum Gasteiger partial charge on any atom is -0.271 e. The van der Waals surface area contributed by atoms with Crippen molar-refractivity contribution in [3.63, 3.8) is 0 Å². The summed E-state index contributed by atoms with van der Waals surface area (Å²) in [5, 5.41) is 0. The van der Waals surface area contributed by atoms with Gasteiger partial charge in [-0.25, -0.2) is 87.8 Å². The van der Waals surface area contributed by atoms with Gasteiger partial charge in [-0.2, -0.15) is 13.2 Å². The van der Waals surface area contributed by atoms with Crippen molar-refractivity contribution >= 4 is 28.0 Å². The van der Waals surface area contributed by atoms with Crippen molar-refractivity contribution in [2.45, 2.75) is 115 Å². The summed E-state index contributed by atoms with van der Waals surface area (Å²) in [7, 11) is 0. The molecular weight excluding hydrogens is 1060 g/mol. The molecule has 0 saturated carbocycles. The van der Waals surface area contributed by atoms with Gasteiger partial charge in [-0.05, 0) is 19.3 Å². The molecule has 0 N–H and O–H groups in total. The molecule has 4 aromatic carbocycles. The third-order valence-corrected chi connectivity index (χ3v) is 11.9. The normalized spacial score (nSPS) is 11.9. The van der Waals surface area contributed by atoms with Crippen molar-refractivity contribution in [1.82, 2.24) is 4.98 Å². The van der Waals surface area contributed by atoms with E-state index in [4.69, 9.17) is 4.84 Å². The number of hydrogen-bond donors (Lipinski definition) is 0. The average molecular weight is 1100 g/mol. The summed E-state index contributed by atoms with van der Waals surface area (Å²) in [4.78, 5) is 9.53.